The molecule has 2 aromatic rings. The van der Waals surface area contributed by atoms with Crippen LogP contribution in [0.25, 0.3) is 11.0 Å². The second-order valence-electron chi connectivity index (χ2n) is 2.64. The highest BCUT2D eigenvalue weighted by atomic mass is 32.4. The summed E-state index contributed by atoms with van der Waals surface area (Å²) in [6.45, 7) is -2.54. The Balaban J connectivity index is 2.79. The fourth-order valence-corrected chi connectivity index (χ4v) is 2.12. The number of nitrogens with zero attached hydrogens (tertiary/aromatic N) is 3. The van der Waals surface area contributed by atoms with Gasteiger partial charge in [0.2, 0.25) is 0 Å². The Labute approximate surface area is 79.9 Å². The second kappa shape index (κ2) is 2.85. The molecule has 0 saturated heterocycles. The Morgan fingerprint density at radius 3 is 2.69 bits per heavy atom. The lowest BCUT2D eigenvalue weighted by Crippen LogP contribution is -2.14. The van der Waals surface area contributed by atoms with Crippen LogP contribution >= 0.6 is 6.49 Å². The normalized spacial score (nSPS) is 12.2. The molecular formula is C6H8N5PS. The maximum absolute atomic E-state index is 5.63. The Bertz CT molecular complexity index is 486. The Hall–Kier alpha value is -0.810. The van der Waals surface area contributed by atoms with Crippen LogP contribution in [0.15, 0.2) is 24.3 Å². The van der Waals surface area contributed by atoms with E-state index in [4.69, 9.17) is 22.8 Å². The molecule has 0 atom stereocenters. The lowest BCUT2D eigenvalue weighted by atomic mass is 10.3. The molecule has 0 bridgehead atoms. The van der Waals surface area contributed by atoms with Crippen LogP contribution in [0.1, 0.15) is 0 Å². The summed E-state index contributed by atoms with van der Waals surface area (Å²) in [5, 5.41) is 7.73. The summed E-state index contributed by atoms with van der Waals surface area (Å²) in [6, 6.07) is 7.42. The van der Waals surface area contributed by atoms with E-state index in [-0.39, 0.29) is 0 Å². The lowest BCUT2D eigenvalue weighted by molar-refractivity contribution is 0.893. The van der Waals surface area contributed by atoms with Crippen LogP contribution in [0, 0.1) is 0 Å². The van der Waals surface area contributed by atoms with Crippen LogP contribution in [0.5, 0.6) is 0 Å². The molecule has 0 spiro atoms. The molecule has 5 nitrogen and oxygen atoms in total. The van der Waals surface area contributed by atoms with Gasteiger partial charge in [0.05, 0.1) is 5.52 Å². The van der Waals surface area contributed by atoms with Gasteiger partial charge in [-0.05, 0) is 23.9 Å². The summed E-state index contributed by atoms with van der Waals surface area (Å²) in [7, 11) is 0. The van der Waals surface area contributed by atoms with Crippen LogP contribution < -0.4 is 11.0 Å². The molecule has 0 fully saturated rings. The summed E-state index contributed by atoms with van der Waals surface area (Å²) < 4.78 is 1.43. The first-order chi connectivity index (χ1) is 6.09. The standard InChI is InChI=1S/C6H8N5PS/c7-12(8,13)11-6-4-2-1-3-5(6)9-10-11/h1-4H,(H4,7,8,13). The molecule has 1 aromatic carbocycles. The van der Waals surface area contributed by atoms with Gasteiger partial charge in [-0.3, -0.25) is 11.0 Å². The van der Waals surface area contributed by atoms with Crippen molar-refractivity contribution in [3.63, 3.8) is 0 Å². The van der Waals surface area contributed by atoms with E-state index in [1.807, 2.05) is 24.3 Å². The van der Waals surface area contributed by atoms with Gasteiger partial charge in [-0.2, -0.15) is 4.45 Å². The predicted octanol–water partition coefficient (Wildman–Crippen LogP) is 0.421. The zero-order chi connectivity index (χ0) is 9.47. The zero-order valence-electron chi connectivity index (χ0n) is 6.66. The number of para-hydroxylation sites is 1. The quantitative estimate of drug-likeness (QED) is 0.671. The van der Waals surface area contributed by atoms with Crippen LogP contribution in [0.2, 0.25) is 0 Å². The first-order valence-corrected chi connectivity index (χ1v) is 6.47. The number of rotatable bonds is 1. The average Bonchev–Trinajstić information content (AvgIpc) is 2.45. The van der Waals surface area contributed by atoms with Crippen LogP contribution in [0.3, 0.4) is 0 Å². The summed E-state index contributed by atoms with van der Waals surface area (Å²) in [5.74, 6) is 0. The molecule has 0 radical (unpaired) electrons. The van der Waals surface area contributed by atoms with E-state index in [0.29, 0.717) is 0 Å². The van der Waals surface area contributed by atoms with Gasteiger partial charge in [-0.15, -0.1) is 5.10 Å². The third kappa shape index (κ3) is 1.49. The first-order valence-electron chi connectivity index (χ1n) is 3.57. The summed E-state index contributed by atoms with van der Waals surface area (Å²) in [4.78, 5) is 0. The predicted molar refractivity (Wildman–Crippen MR) is 55.6 cm³/mol. The molecule has 1 heterocycles. The number of hydrogen-bond donors (Lipinski definition) is 2. The smallest absolute Gasteiger partial charge is 0.181 e. The van der Waals surface area contributed by atoms with Crippen molar-refractivity contribution in [1.29, 1.82) is 0 Å². The number of nitrogens with two attached hydrogens (primary N) is 2. The molecular weight excluding hydrogens is 205 g/mol. The highest BCUT2D eigenvalue weighted by Gasteiger charge is 2.12. The minimum absolute atomic E-state index is 0.757. The van der Waals surface area contributed by atoms with Crippen molar-refractivity contribution in [3.8, 4) is 0 Å². The van der Waals surface area contributed by atoms with Gasteiger partial charge in [-0.1, -0.05) is 17.3 Å². The molecule has 7 heteroatoms. The summed E-state index contributed by atoms with van der Waals surface area (Å²) in [5.41, 5.74) is 12.8. The Morgan fingerprint density at radius 1 is 1.31 bits per heavy atom. The zero-order valence-corrected chi connectivity index (χ0v) is 8.37. The van der Waals surface area contributed by atoms with Crippen molar-refractivity contribution < 1.29 is 0 Å². The molecule has 0 amide bonds. The van der Waals surface area contributed by atoms with Crippen molar-refractivity contribution in [1.82, 2.24) is 14.8 Å². The SMILES string of the molecule is NP(N)(=S)n1nnc2ccccc21. The first kappa shape index (κ1) is 8.77. The minimum atomic E-state index is -2.54. The molecule has 13 heavy (non-hydrogen) atoms. The largest absolute Gasteiger partial charge is 0.274 e. The van der Waals surface area contributed by atoms with Gasteiger partial charge in [0.25, 0.3) is 0 Å². The Kier molecular flexibility index (Phi) is 1.92. The minimum Gasteiger partial charge on any atom is -0.274 e. The number of hydrogen-bond acceptors (Lipinski definition) is 3. The third-order valence-corrected chi connectivity index (χ3v) is 2.98. The number of aromatic nitrogens is 3. The van der Waals surface area contributed by atoms with E-state index in [1.165, 1.54) is 4.45 Å². The van der Waals surface area contributed by atoms with Crippen molar-refractivity contribution >= 4 is 29.3 Å². The van der Waals surface area contributed by atoms with E-state index in [1.54, 1.807) is 0 Å². The van der Waals surface area contributed by atoms with Gasteiger partial charge in [0.1, 0.15) is 5.52 Å². The third-order valence-electron chi connectivity index (χ3n) is 1.63. The molecule has 0 aliphatic carbocycles. The molecule has 2 rings (SSSR count). The molecule has 0 aliphatic rings. The summed E-state index contributed by atoms with van der Waals surface area (Å²) >= 11 is 4.96. The number of benzene rings is 1. The van der Waals surface area contributed by atoms with E-state index in [0.717, 1.165) is 11.0 Å². The molecule has 4 N–H and O–H groups in total. The van der Waals surface area contributed by atoms with Gasteiger partial charge in [0.15, 0.2) is 6.49 Å². The monoisotopic (exact) mass is 213 g/mol. The van der Waals surface area contributed by atoms with Crippen LogP contribution in [-0.2, 0) is 11.8 Å². The lowest BCUT2D eigenvalue weighted by Gasteiger charge is -2.09. The van der Waals surface area contributed by atoms with Crippen LogP contribution in [-0.4, -0.2) is 14.8 Å². The molecule has 0 unspecified atom stereocenters. The molecule has 0 aliphatic heterocycles. The van der Waals surface area contributed by atoms with Crippen molar-refractivity contribution in [2.45, 2.75) is 0 Å². The van der Waals surface area contributed by atoms with Crippen molar-refractivity contribution in [3.05, 3.63) is 24.3 Å². The van der Waals surface area contributed by atoms with Gasteiger partial charge in [-0.25, -0.2) is 0 Å². The van der Waals surface area contributed by atoms with E-state index >= 15 is 0 Å². The second-order valence-corrected chi connectivity index (χ2v) is 6.12. The van der Waals surface area contributed by atoms with Gasteiger partial charge < -0.3 is 0 Å². The highest BCUT2D eigenvalue weighted by molar-refractivity contribution is 8.11. The fraction of sp³-hybridized carbons (Fsp3) is 0. The van der Waals surface area contributed by atoms with Crippen molar-refractivity contribution in [2.24, 2.45) is 11.0 Å². The molecule has 68 valence electrons. The van der Waals surface area contributed by atoms with Crippen molar-refractivity contribution in [2.75, 3.05) is 0 Å². The van der Waals surface area contributed by atoms with E-state index in [9.17, 15) is 0 Å². The van der Waals surface area contributed by atoms with E-state index in [2.05, 4.69) is 10.3 Å². The summed E-state index contributed by atoms with van der Waals surface area (Å²) in [6.07, 6.45) is 0. The Morgan fingerprint density at radius 2 is 2.00 bits per heavy atom. The molecule has 1 aromatic heterocycles. The maximum atomic E-state index is 5.63. The van der Waals surface area contributed by atoms with E-state index < -0.39 is 6.49 Å². The number of fused-ring (bicyclic) bond motifs is 1. The highest BCUT2D eigenvalue weighted by Crippen LogP contribution is 2.30. The van der Waals surface area contributed by atoms with Gasteiger partial charge in [0, 0.05) is 0 Å². The average molecular weight is 213 g/mol. The maximum Gasteiger partial charge on any atom is 0.181 e. The van der Waals surface area contributed by atoms with Gasteiger partial charge >= 0.3 is 0 Å². The van der Waals surface area contributed by atoms with Crippen LogP contribution in [0.4, 0.5) is 0 Å². The fourth-order valence-electron chi connectivity index (χ4n) is 1.09. The topological polar surface area (TPSA) is 82.8 Å². The molecule has 0 saturated carbocycles.